The van der Waals surface area contributed by atoms with Gasteiger partial charge in [0.1, 0.15) is 11.5 Å². The highest BCUT2D eigenvalue weighted by Gasteiger charge is 2.31. The van der Waals surface area contributed by atoms with E-state index >= 15 is 0 Å². The summed E-state index contributed by atoms with van der Waals surface area (Å²) in [5, 5.41) is 0. The number of hydrogen-bond acceptors (Lipinski definition) is 5. The fourth-order valence-electron chi connectivity index (χ4n) is 4.37. The molecule has 1 aromatic heterocycles. The Bertz CT molecular complexity index is 911. The normalized spacial score (nSPS) is 19.9. The van der Waals surface area contributed by atoms with Crippen molar-refractivity contribution < 1.29 is 18.7 Å². The van der Waals surface area contributed by atoms with E-state index in [0.717, 1.165) is 49.0 Å². The molecule has 0 saturated carbocycles. The van der Waals surface area contributed by atoms with Crippen LogP contribution in [-0.4, -0.2) is 41.3 Å². The molecule has 2 aliphatic heterocycles. The van der Waals surface area contributed by atoms with E-state index in [9.17, 15) is 9.59 Å². The molecule has 3 heterocycles. The largest absolute Gasteiger partial charge is 0.445 e. The van der Waals surface area contributed by atoms with E-state index in [1.807, 2.05) is 23.1 Å². The molecule has 1 fully saturated rings. The predicted octanol–water partition coefficient (Wildman–Crippen LogP) is 2.90. The highest BCUT2D eigenvalue weighted by molar-refractivity contribution is 6.05. The van der Waals surface area contributed by atoms with Crippen LogP contribution in [-0.2, 0) is 24.1 Å². The molecular formula is C21H22N2O4. The molecule has 0 unspecified atom stereocenters. The van der Waals surface area contributed by atoms with Crippen LogP contribution >= 0.6 is 0 Å². The molecule has 5 rings (SSSR count). The van der Waals surface area contributed by atoms with Crippen LogP contribution in [0.1, 0.15) is 68.8 Å². The first-order chi connectivity index (χ1) is 13.2. The van der Waals surface area contributed by atoms with E-state index in [1.165, 1.54) is 0 Å². The highest BCUT2D eigenvalue weighted by atomic mass is 16.5. The summed E-state index contributed by atoms with van der Waals surface area (Å²) in [5.41, 5.74) is 3.15. The van der Waals surface area contributed by atoms with Gasteiger partial charge in [-0.3, -0.25) is 9.59 Å². The molecule has 27 heavy (non-hydrogen) atoms. The summed E-state index contributed by atoms with van der Waals surface area (Å²) in [5.74, 6) is 2.15. The summed E-state index contributed by atoms with van der Waals surface area (Å²) in [7, 11) is 0. The van der Waals surface area contributed by atoms with E-state index < -0.39 is 0 Å². The molecule has 0 N–H and O–H groups in total. The molecule has 6 heteroatoms. The molecule has 140 valence electrons. The van der Waals surface area contributed by atoms with Crippen molar-refractivity contribution in [2.75, 3.05) is 19.8 Å². The third kappa shape index (κ3) is 2.88. The molecule has 0 atom stereocenters. The van der Waals surface area contributed by atoms with Gasteiger partial charge in [-0.2, -0.15) is 0 Å². The summed E-state index contributed by atoms with van der Waals surface area (Å²) in [6.07, 6.45) is 3.72. The number of carbonyl (C=O) groups excluding carboxylic acids is 2. The van der Waals surface area contributed by atoms with Gasteiger partial charge in [0.25, 0.3) is 5.91 Å². The maximum absolute atomic E-state index is 13.1. The number of rotatable bonds is 2. The van der Waals surface area contributed by atoms with Gasteiger partial charge in [0.05, 0.1) is 6.54 Å². The number of oxazole rings is 1. The van der Waals surface area contributed by atoms with Crippen molar-refractivity contribution in [3.63, 3.8) is 0 Å². The average Bonchev–Trinajstić information content (AvgIpc) is 3.31. The van der Waals surface area contributed by atoms with Crippen molar-refractivity contribution in [2.45, 2.75) is 44.6 Å². The van der Waals surface area contributed by atoms with Crippen LogP contribution in [0.2, 0.25) is 0 Å². The summed E-state index contributed by atoms with van der Waals surface area (Å²) in [4.78, 5) is 31.6. The standard InChI is InChI=1S/C21H22N2O4/c24-18-5-4-14-15(18)2-1-3-16(14)21(25)23-9-6-19-17(12-23)22-20(27-19)13-7-10-26-11-8-13/h1-3,13H,4-12H2. The SMILES string of the molecule is O=C1CCc2c1cccc2C(=O)N1CCc2oc(C3CCOCC3)nc2C1. The first-order valence-electron chi connectivity index (χ1n) is 9.71. The Kier molecular flexibility index (Phi) is 4.08. The van der Waals surface area contributed by atoms with Gasteiger partial charge in [-0.05, 0) is 30.9 Å². The smallest absolute Gasteiger partial charge is 0.254 e. The second-order valence-corrected chi connectivity index (χ2v) is 7.54. The van der Waals surface area contributed by atoms with Gasteiger partial charge in [-0.25, -0.2) is 4.98 Å². The topological polar surface area (TPSA) is 72.6 Å². The monoisotopic (exact) mass is 366 g/mol. The molecule has 6 nitrogen and oxygen atoms in total. The van der Waals surface area contributed by atoms with E-state index in [4.69, 9.17) is 14.1 Å². The summed E-state index contributed by atoms with van der Waals surface area (Å²) >= 11 is 0. The first-order valence-corrected chi connectivity index (χ1v) is 9.71. The fourth-order valence-corrected chi connectivity index (χ4v) is 4.37. The molecular weight excluding hydrogens is 344 g/mol. The van der Waals surface area contributed by atoms with E-state index in [-0.39, 0.29) is 11.7 Å². The zero-order valence-electron chi connectivity index (χ0n) is 15.2. The number of ether oxygens (including phenoxy) is 1. The Morgan fingerprint density at radius 3 is 2.85 bits per heavy atom. The third-order valence-corrected chi connectivity index (χ3v) is 5.91. The van der Waals surface area contributed by atoms with Gasteiger partial charge in [0, 0.05) is 49.6 Å². The van der Waals surface area contributed by atoms with Gasteiger partial charge < -0.3 is 14.1 Å². The fraction of sp³-hybridized carbons (Fsp3) is 0.476. The quantitative estimate of drug-likeness (QED) is 0.817. The van der Waals surface area contributed by atoms with Crippen molar-refractivity contribution >= 4 is 11.7 Å². The summed E-state index contributed by atoms with van der Waals surface area (Å²) < 4.78 is 11.4. The van der Waals surface area contributed by atoms with Crippen molar-refractivity contribution in [1.82, 2.24) is 9.88 Å². The van der Waals surface area contributed by atoms with Gasteiger partial charge in [0.15, 0.2) is 11.7 Å². The molecule has 2 aromatic rings. The number of ketones is 1. The first kappa shape index (κ1) is 16.7. The minimum atomic E-state index is -0.0113. The van der Waals surface area contributed by atoms with E-state index in [2.05, 4.69) is 0 Å². The maximum atomic E-state index is 13.1. The summed E-state index contributed by atoms with van der Waals surface area (Å²) in [6.45, 7) is 2.59. The second kappa shape index (κ2) is 6.60. The van der Waals surface area contributed by atoms with Crippen LogP contribution in [0.25, 0.3) is 0 Å². The molecule has 1 saturated heterocycles. The van der Waals surface area contributed by atoms with E-state index in [1.54, 1.807) is 0 Å². The number of benzene rings is 1. The molecule has 0 radical (unpaired) electrons. The van der Waals surface area contributed by atoms with Gasteiger partial charge in [-0.15, -0.1) is 0 Å². The highest BCUT2D eigenvalue weighted by Crippen LogP contribution is 2.31. The summed E-state index contributed by atoms with van der Waals surface area (Å²) in [6, 6.07) is 5.48. The van der Waals surface area contributed by atoms with Crippen LogP contribution in [0.15, 0.2) is 22.6 Å². The number of amides is 1. The lowest BCUT2D eigenvalue weighted by Gasteiger charge is -2.26. The van der Waals surface area contributed by atoms with Crippen LogP contribution in [0.3, 0.4) is 0 Å². The number of Topliss-reactive ketones (excluding diaryl/α,β-unsaturated/α-hetero) is 1. The molecule has 3 aliphatic rings. The lowest BCUT2D eigenvalue weighted by atomic mass is 10.0. The Balaban J connectivity index is 1.37. The lowest BCUT2D eigenvalue weighted by molar-refractivity contribution is 0.0724. The van der Waals surface area contributed by atoms with Gasteiger partial charge in [-0.1, -0.05) is 12.1 Å². The van der Waals surface area contributed by atoms with Crippen molar-refractivity contribution in [3.8, 4) is 0 Å². The maximum Gasteiger partial charge on any atom is 0.254 e. The van der Waals surface area contributed by atoms with Crippen LogP contribution in [0.5, 0.6) is 0 Å². The number of nitrogens with zero attached hydrogens (tertiary/aromatic N) is 2. The Labute approximate surface area is 157 Å². The lowest BCUT2D eigenvalue weighted by Crippen LogP contribution is -2.36. The minimum absolute atomic E-state index is 0.0113. The second-order valence-electron chi connectivity index (χ2n) is 7.54. The number of fused-ring (bicyclic) bond motifs is 2. The van der Waals surface area contributed by atoms with Crippen LogP contribution in [0, 0.1) is 0 Å². The molecule has 1 amide bonds. The molecule has 1 aliphatic carbocycles. The predicted molar refractivity (Wildman–Crippen MR) is 96.8 cm³/mol. The molecule has 1 aromatic carbocycles. The minimum Gasteiger partial charge on any atom is -0.445 e. The molecule has 0 spiro atoms. The third-order valence-electron chi connectivity index (χ3n) is 5.91. The van der Waals surface area contributed by atoms with Crippen LogP contribution in [0.4, 0.5) is 0 Å². The average molecular weight is 366 g/mol. The number of hydrogen-bond donors (Lipinski definition) is 0. The van der Waals surface area contributed by atoms with Crippen molar-refractivity contribution in [2.24, 2.45) is 0 Å². The van der Waals surface area contributed by atoms with E-state index in [0.29, 0.717) is 49.4 Å². The van der Waals surface area contributed by atoms with Crippen molar-refractivity contribution in [3.05, 3.63) is 52.2 Å². The number of aromatic nitrogens is 1. The van der Waals surface area contributed by atoms with Crippen molar-refractivity contribution in [1.29, 1.82) is 0 Å². The number of carbonyl (C=O) groups is 2. The molecule has 0 bridgehead atoms. The van der Waals surface area contributed by atoms with Gasteiger partial charge >= 0.3 is 0 Å². The van der Waals surface area contributed by atoms with Gasteiger partial charge in [0.2, 0.25) is 0 Å². The van der Waals surface area contributed by atoms with Crippen LogP contribution < -0.4 is 0 Å². The zero-order valence-corrected chi connectivity index (χ0v) is 15.2. The zero-order chi connectivity index (χ0) is 18.4. The Morgan fingerprint density at radius 1 is 1.15 bits per heavy atom. The Morgan fingerprint density at radius 2 is 2.00 bits per heavy atom. The Hall–Kier alpha value is -2.47.